The first-order valence-corrected chi connectivity index (χ1v) is 6.33. The fraction of sp³-hybridized carbons (Fsp3) is 0.250. The van der Waals surface area contributed by atoms with Crippen LogP contribution in [-0.2, 0) is 13.1 Å². The largest absolute Gasteiger partial charge is 0.382 e. The molecule has 3 rings (SSSR count). The average molecular weight is 285 g/mol. The highest BCUT2D eigenvalue weighted by atomic mass is 15.2. The summed E-state index contributed by atoms with van der Waals surface area (Å²) >= 11 is 0. The Morgan fingerprint density at radius 3 is 2.76 bits per heavy atom. The topological polar surface area (TPSA) is 136 Å². The van der Waals surface area contributed by atoms with Gasteiger partial charge in [0.05, 0.1) is 12.7 Å². The molecule has 0 aliphatic heterocycles. The number of hydrogen-bond donors (Lipinski definition) is 3. The minimum Gasteiger partial charge on any atom is -0.382 e. The summed E-state index contributed by atoms with van der Waals surface area (Å²) in [5.41, 5.74) is 13.5. The van der Waals surface area contributed by atoms with Crippen LogP contribution in [0.4, 0.5) is 11.8 Å². The third kappa shape index (κ3) is 2.87. The van der Waals surface area contributed by atoms with E-state index in [2.05, 4.69) is 35.0 Å². The van der Waals surface area contributed by atoms with E-state index in [0.29, 0.717) is 23.5 Å². The zero-order valence-electron chi connectivity index (χ0n) is 11.5. The van der Waals surface area contributed by atoms with Gasteiger partial charge in [-0.3, -0.25) is 4.90 Å². The highest BCUT2D eigenvalue weighted by Gasteiger charge is 2.11. The molecule has 0 fully saturated rings. The molecule has 108 valence electrons. The van der Waals surface area contributed by atoms with Gasteiger partial charge >= 0.3 is 0 Å². The van der Waals surface area contributed by atoms with Gasteiger partial charge < -0.3 is 16.5 Å². The molecular weight excluding hydrogens is 270 g/mol. The Kier molecular flexibility index (Phi) is 3.32. The lowest BCUT2D eigenvalue weighted by Gasteiger charge is -2.14. The molecule has 0 unspecified atom stereocenters. The minimum atomic E-state index is 0.120. The molecule has 3 aromatic rings. The highest BCUT2D eigenvalue weighted by Crippen LogP contribution is 2.16. The molecule has 3 heterocycles. The summed E-state index contributed by atoms with van der Waals surface area (Å²) in [6.07, 6.45) is 3.41. The van der Waals surface area contributed by atoms with Crippen molar-refractivity contribution in [3.05, 3.63) is 29.8 Å². The van der Waals surface area contributed by atoms with Gasteiger partial charge in [-0.2, -0.15) is 20.2 Å². The minimum absolute atomic E-state index is 0.120. The van der Waals surface area contributed by atoms with Gasteiger partial charge in [-0.05, 0) is 18.7 Å². The van der Waals surface area contributed by atoms with Crippen molar-refractivity contribution in [1.29, 1.82) is 0 Å². The maximum absolute atomic E-state index is 5.79. The Balaban J connectivity index is 1.77. The Bertz CT molecular complexity index is 752. The maximum atomic E-state index is 5.79. The Morgan fingerprint density at radius 2 is 2.00 bits per heavy atom. The van der Waals surface area contributed by atoms with Gasteiger partial charge in [-0.15, -0.1) is 0 Å². The molecule has 3 aromatic heterocycles. The van der Waals surface area contributed by atoms with Crippen molar-refractivity contribution in [2.45, 2.75) is 13.1 Å². The second kappa shape index (κ2) is 5.29. The number of nitrogens with zero attached hydrogens (tertiary/aromatic N) is 6. The van der Waals surface area contributed by atoms with Gasteiger partial charge in [0.25, 0.3) is 0 Å². The summed E-state index contributed by atoms with van der Waals surface area (Å²) in [5, 5.41) is 7.61. The standard InChI is InChI=1S/C12H15N9/c1-21(5-7-2-3-15-16-4-7)6-8-17-9-10(13)19-12(14)20-11(9)18-8/h2-4H,5-6H2,1H3,(H5,13,14,17,18,19,20). The quantitative estimate of drug-likeness (QED) is 0.606. The molecule has 21 heavy (non-hydrogen) atoms. The summed E-state index contributed by atoms with van der Waals surface area (Å²) < 4.78 is 0. The first kappa shape index (κ1) is 13.2. The van der Waals surface area contributed by atoms with Crippen molar-refractivity contribution >= 4 is 22.9 Å². The number of nitrogen functional groups attached to an aromatic ring is 2. The third-order valence-corrected chi connectivity index (χ3v) is 2.96. The number of rotatable bonds is 4. The molecule has 0 aliphatic carbocycles. The van der Waals surface area contributed by atoms with E-state index >= 15 is 0 Å². The van der Waals surface area contributed by atoms with Crippen molar-refractivity contribution in [3.63, 3.8) is 0 Å². The van der Waals surface area contributed by atoms with Crippen molar-refractivity contribution in [3.8, 4) is 0 Å². The predicted octanol–water partition coefficient (Wildman–Crippen LogP) is -0.0607. The lowest BCUT2D eigenvalue weighted by Crippen LogP contribution is -2.18. The molecule has 9 nitrogen and oxygen atoms in total. The van der Waals surface area contributed by atoms with Crippen LogP contribution in [0, 0.1) is 0 Å². The average Bonchev–Trinajstić information content (AvgIpc) is 2.82. The Hall–Kier alpha value is -2.81. The van der Waals surface area contributed by atoms with Crippen LogP contribution in [0.25, 0.3) is 11.2 Å². The summed E-state index contributed by atoms with van der Waals surface area (Å²) in [5.74, 6) is 1.17. The fourth-order valence-electron chi connectivity index (χ4n) is 2.09. The number of aromatic nitrogens is 6. The van der Waals surface area contributed by atoms with Crippen LogP contribution in [0.3, 0.4) is 0 Å². The lowest BCUT2D eigenvalue weighted by atomic mass is 10.3. The van der Waals surface area contributed by atoms with Gasteiger partial charge in [0.2, 0.25) is 5.95 Å². The van der Waals surface area contributed by atoms with E-state index in [1.54, 1.807) is 12.4 Å². The van der Waals surface area contributed by atoms with E-state index in [4.69, 9.17) is 11.5 Å². The number of nitrogens with two attached hydrogens (primary N) is 2. The molecular formula is C12H15N9. The van der Waals surface area contributed by atoms with Crippen LogP contribution < -0.4 is 11.5 Å². The molecule has 5 N–H and O–H groups in total. The zero-order chi connectivity index (χ0) is 14.8. The monoisotopic (exact) mass is 285 g/mol. The number of H-pyrrole nitrogens is 1. The van der Waals surface area contributed by atoms with E-state index in [0.717, 1.165) is 17.9 Å². The smallest absolute Gasteiger partial charge is 0.224 e. The van der Waals surface area contributed by atoms with Gasteiger partial charge in [0, 0.05) is 12.7 Å². The molecule has 0 saturated heterocycles. The zero-order valence-corrected chi connectivity index (χ0v) is 11.5. The highest BCUT2D eigenvalue weighted by molar-refractivity contribution is 5.82. The molecule has 0 aliphatic rings. The van der Waals surface area contributed by atoms with Crippen LogP contribution in [-0.4, -0.2) is 42.1 Å². The molecule has 0 aromatic carbocycles. The molecule has 0 spiro atoms. The van der Waals surface area contributed by atoms with E-state index < -0.39 is 0 Å². The summed E-state index contributed by atoms with van der Waals surface area (Å²) in [7, 11) is 1.98. The maximum Gasteiger partial charge on any atom is 0.224 e. The van der Waals surface area contributed by atoms with Gasteiger partial charge in [-0.25, -0.2) is 4.98 Å². The van der Waals surface area contributed by atoms with Crippen LogP contribution in [0.5, 0.6) is 0 Å². The number of anilines is 2. The normalized spacial score (nSPS) is 11.3. The van der Waals surface area contributed by atoms with Gasteiger partial charge in [-0.1, -0.05) is 0 Å². The lowest BCUT2D eigenvalue weighted by molar-refractivity contribution is 0.311. The predicted molar refractivity (Wildman–Crippen MR) is 77.7 cm³/mol. The van der Waals surface area contributed by atoms with Crippen LogP contribution in [0.15, 0.2) is 18.5 Å². The van der Waals surface area contributed by atoms with Crippen LogP contribution in [0.1, 0.15) is 11.4 Å². The van der Waals surface area contributed by atoms with Crippen molar-refractivity contribution in [2.75, 3.05) is 18.5 Å². The number of aromatic amines is 1. The van der Waals surface area contributed by atoms with Crippen molar-refractivity contribution in [1.82, 2.24) is 35.0 Å². The molecule has 0 atom stereocenters. The van der Waals surface area contributed by atoms with E-state index in [-0.39, 0.29) is 5.95 Å². The Labute approximate surface area is 120 Å². The van der Waals surface area contributed by atoms with Gasteiger partial charge in [0.15, 0.2) is 11.5 Å². The van der Waals surface area contributed by atoms with Crippen LogP contribution in [0.2, 0.25) is 0 Å². The third-order valence-electron chi connectivity index (χ3n) is 2.96. The summed E-state index contributed by atoms with van der Waals surface area (Å²) in [6, 6.07) is 1.92. The molecule has 0 saturated carbocycles. The van der Waals surface area contributed by atoms with Crippen molar-refractivity contribution < 1.29 is 0 Å². The first-order valence-electron chi connectivity index (χ1n) is 6.33. The summed E-state index contributed by atoms with van der Waals surface area (Å²) in [6.45, 7) is 1.34. The number of imidazole rings is 1. The second-order valence-corrected chi connectivity index (χ2v) is 4.77. The number of hydrogen-bond acceptors (Lipinski definition) is 8. The van der Waals surface area contributed by atoms with Crippen LogP contribution >= 0.6 is 0 Å². The van der Waals surface area contributed by atoms with E-state index in [1.165, 1.54) is 0 Å². The molecule has 9 heteroatoms. The van der Waals surface area contributed by atoms with E-state index in [9.17, 15) is 0 Å². The molecule has 0 amide bonds. The summed E-state index contributed by atoms with van der Waals surface area (Å²) in [4.78, 5) is 17.5. The Morgan fingerprint density at radius 1 is 1.14 bits per heavy atom. The van der Waals surface area contributed by atoms with E-state index in [1.807, 2.05) is 13.1 Å². The molecule has 0 bridgehead atoms. The van der Waals surface area contributed by atoms with Gasteiger partial charge in [0.1, 0.15) is 11.3 Å². The molecule has 0 radical (unpaired) electrons. The van der Waals surface area contributed by atoms with Crippen molar-refractivity contribution in [2.24, 2.45) is 0 Å². The first-order chi connectivity index (χ1) is 10.1. The fourth-order valence-corrected chi connectivity index (χ4v) is 2.09. The number of fused-ring (bicyclic) bond motifs is 1. The number of nitrogens with one attached hydrogen (secondary N) is 1. The SMILES string of the molecule is CN(Cc1ccnnc1)Cc1nc2nc(N)nc(N)c2[nH]1. The second-order valence-electron chi connectivity index (χ2n) is 4.77.